The topological polar surface area (TPSA) is 84.7 Å². The number of nitrogens with one attached hydrogen (secondary N) is 1. The second-order valence-electron chi connectivity index (χ2n) is 4.80. The summed E-state index contributed by atoms with van der Waals surface area (Å²) in [6.45, 7) is 1.09. The van der Waals surface area contributed by atoms with Crippen LogP contribution in [0, 0.1) is 5.92 Å². The normalized spacial score (nSPS) is 17.1. The van der Waals surface area contributed by atoms with Gasteiger partial charge in [0.15, 0.2) is 0 Å². The van der Waals surface area contributed by atoms with E-state index in [0.29, 0.717) is 36.1 Å². The molecule has 0 saturated carbocycles. The SMILES string of the molecule is COc1ccc(Cl)cc1N1CC(C(=O)NCCN)CC1=O.Cl. The van der Waals surface area contributed by atoms with Gasteiger partial charge in [0, 0.05) is 31.1 Å². The summed E-state index contributed by atoms with van der Waals surface area (Å²) in [7, 11) is 1.53. The van der Waals surface area contributed by atoms with Gasteiger partial charge in [-0.05, 0) is 18.2 Å². The summed E-state index contributed by atoms with van der Waals surface area (Å²) in [5.41, 5.74) is 5.94. The van der Waals surface area contributed by atoms with Crippen molar-refractivity contribution in [3.8, 4) is 5.75 Å². The Labute approximate surface area is 140 Å². The maximum absolute atomic E-state index is 12.2. The van der Waals surface area contributed by atoms with Crippen molar-refractivity contribution >= 4 is 41.5 Å². The molecule has 22 heavy (non-hydrogen) atoms. The van der Waals surface area contributed by atoms with Gasteiger partial charge in [0.2, 0.25) is 11.8 Å². The van der Waals surface area contributed by atoms with Crippen LogP contribution in [0.25, 0.3) is 0 Å². The lowest BCUT2D eigenvalue weighted by Gasteiger charge is -2.19. The number of methoxy groups -OCH3 is 1. The lowest BCUT2D eigenvalue weighted by molar-refractivity contribution is -0.126. The number of nitrogens with two attached hydrogens (primary N) is 1. The van der Waals surface area contributed by atoms with Gasteiger partial charge in [-0.25, -0.2) is 0 Å². The van der Waals surface area contributed by atoms with E-state index in [9.17, 15) is 9.59 Å². The molecule has 1 aromatic rings. The van der Waals surface area contributed by atoms with Crippen LogP contribution < -0.4 is 20.7 Å². The minimum Gasteiger partial charge on any atom is -0.495 e. The summed E-state index contributed by atoms with van der Waals surface area (Å²) in [6, 6.07) is 5.06. The van der Waals surface area contributed by atoms with Crippen LogP contribution in [0.4, 0.5) is 5.69 Å². The lowest BCUT2D eigenvalue weighted by atomic mass is 10.1. The molecule has 0 aromatic heterocycles. The summed E-state index contributed by atoms with van der Waals surface area (Å²) in [6.07, 6.45) is 0.173. The zero-order valence-corrected chi connectivity index (χ0v) is 13.7. The van der Waals surface area contributed by atoms with E-state index in [1.807, 2.05) is 0 Å². The highest BCUT2D eigenvalue weighted by atomic mass is 35.5. The third kappa shape index (κ3) is 4.03. The zero-order valence-electron chi connectivity index (χ0n) is 12.2. The van der Waals surface area contributed by atoms with Crippen LogP contribution in [-0.4, -0.2) is 38.6 Å². The van der Waals surface area contributed by atoms with Crippen LogP contribution in [0.1, 0.15) is 6.42 Å². The maximum atomic E-state index is 12.2. The molecule has 2 amide bonds. The van der Waals surface area contributed by atoms with Crippen LogP contribution in [0.3, 0.4) is 0 Å². The van der Waals surface area contributed by atoms with Crippen molar-refractivity contribution in [3.05, 3.63) is 23.2 Å². The van der Waals surface area contributed by atoms with E-state index >= 15 is 0 Å². The van der Waals surface area contributed by atoms with E-state index in [0.717, 1.165) is 0 Å². The molecule has 122 valence electrons. The fraction of sp³-hybridized carbons (Fsp3) is 0.429. The standard InChI is InChI=1S/C14H18ClN3O3.ClH/c1-21-12-3-2-10(15)7-11(12)18-8-9(6-13(18)19)14(20)17-5-4-16;/h2-3,7,9H,4-6,8,16H2,1H3,(H,17,20);1H. The number of hydrogen-bond acceptors (Lipinski definition) is 4. The average Bonchev–Trinajstić information content (AvgIpc) is 2.86. The van der Waals surface area contributed by atoms with Crippen molar-refractivity contribution in [3.63, 3.8) is 0 Å². The monoisotopic (exact) mass is 347 g/mol. The van der Waals surface area contributed by atoms with Gasteiger partial charge in [0.25, 0.3) is 0 Å². The van der Waals surface area contributed by atoms with Gasteiger partial charge >= 0.3 is 0 Å². The lowest BCUT2D eigenvalue weighted by Crippen LogP contribution is -2.35. The largest absolute Gasteiger partial charge is 0.495 e. The Hall–Kier alpha value is -1.50. The number of carbonyl (C=O) groups excluding carboxylic acids is 2. The number of benzene rings is 1. The van der Waals surface area contributed by atoms with Crippen LogP contribution in [0.15, 0.2) is 18.2 Å². The van der Waals surface area contributed by atoms with Crippen LogP contribution >= 0.6 is 24.0 Å². The molecule has 1 heterocycles. The molecule has 6 nitrogen and oxygen atoms in total. The van der Waals surface area contributed by atoms with Crippen molar-refractivity contribution in [2.45, 2.75) is 6.42 Å². The van der Waals surface area contributed by atoms with Gasteiger partial charge in [-0.15, -0.1) is 12.4 Å². The summed E-state index contributed by atoms with van der Waals surface area (Å²) in [5, 5.41) is 3.22. The molecule has 1 atom stereocenters. The van der Waals surface area contributed by atoms with Crippen molar-refractivity contribution < 1.29 is 14.3 Å². The Kier molecular flexibility index (Phi) is 6.93. The second kappa shape index (κ2) is 8.22. The number of halogens is 2. The first kappa shape index (κ1) is 18.5. The molecule has 0 spiro atoms. The molecule has 0 radical (unpaired) electrons. The number of hydrogen-bond donors (Lipinski definition) is 2. The minimum absolute atomic E-state index is 0. The highest BCUT2D eigenvalue weighted by Gasteiger charge is 2.36. The van der Waals surface area contributed by atoms with Crippen LogP contribution in [-0.2, 0) is 9.59 Å². The Morgan fingerprint density at radius 3 is 2.91 bits per heavy atom. The van der Waals surface area contributed by atoms with E-state index in [-0.39, 0.29) is 36.6 Å². The molecule has 3 N–H and O–H groups in total. The Bertz CT molecular complexity index is 554. The van der Waals surface area contributed by atoms with E-state index < -0.39 is 0 Å². The van der Waals surface area contributed by atoms with Crippen molar-refractivity contribution in [2.24, 2.45) is 11.7 Å². The van der Waals surface area contributed by atoms with Crippen molar-refractivity contribution in [1.29, 1.82) is 0 Å². The number of anilines is 1. The summed E-state index contributed by atoms with van der Waals surface area (Å²) in [5.74, 6) is -0.107. The number of amides is 2. The van der Waals surface area contributed by atoms with Crippen LogP contribution in [0.5, 0.6) is 5.75 Å². The van der Waals surface area contributed by atoms with Gasteiger partial charge in [-0.3, -0.25) is 9.59 Å². The molecular formula is C14H19Cl2N3O3. The Morgan fingerprint density at radius 1 is 1.55 bits per heavy atom. The van der Waals surface area contributed by atoms with Crippen LogP contribution in [0.2, 0.25) is 5.02 Å². The van der Waals surface area contributed by atoms with Gasteiger partial charge in [0.05, 0.1) is 18.7 Å². The van der Waals surface area contributed by atoms with Crippen molar-refractivity contribution in [2.75, 3.05) is 31.6 Å². The maximum Gasteiger partial charge on any atom is 0.227 e. The van der Waals surface area contributed by atoms with Gasteiger partial charge in [0.1, 0.15) is 5.75 Å². The molecule has 1 saturated heterocycles. The molecule has 1 unspecified atom stereocenters. The number of carbonyl (C=O) groups is 2. The first-order valence-corrected chi connectivity index (χ1v) is 7.06. The molecule has 1 fully saturated rings. The molecular weight excluding hydrogens is 329 g/mol. The van der Waals surface area contributed by atoms with Crippen molar-refractivity contribution in [1.82, 2.24) is 5.32 Å². The minimum atomic E-state index is -0.382. The highest BCUT2D eigenvalue weighted by Crippen LogP contribution is 2.35. The molecule has 0 bridgehead atoms. The number of rotatable bonds is 5. The first-order chi connectivity index (χ1) is 10.1. The highest BCUT2D eigenvalue weighted by molar-refractivity contribution is 6.31. The Morgan fingerprint density at radius 2 is 2.27 bits per heavy atom. The summed E-state index contributed by atoms with van der Waals surface area (Å²) in [4.78, 5) is 25.6. The predicted octanol–water partition coefficient (Wildman–Crippen LogP) is 1.20. The third-order valence-corrected chi connectivity index (χ3v) is 3.61. The van der Waals surface area contributed by atoms with E-state index in [2.05, 4.69) is 5.32 Å². The van der Waals surface area contributed by atoms with E-state index in [1.165, 1.54) is 12.0 Å². The van der Waals surface area contributed by atoms with Gasteiger partial charge in [-0.2, -0.15) is 0 Å². The molecule has 0 aliphatic carbocycles. The number of ether oxygens (including phenoxy) is 1. The smallest absolute Gasteiger partial charge is 0.227 e. The fourth-order valence-electron chi connectivity index (χ4n) is 2.33. The van der Waals surface area contributed by atoms with E-state index in [4.69, 9.17) is 22.1 Å². The van der Waals surface area contributed by atoms with E-state index in [1.54, 1.807) is 18.2 Å². The van der Waals surface area contributed by atoms with Gasteiger partial charge in [-0.1, -0.05) is 11.6 Å². The molecule has 1 aromatic carbocycles. The van der Waals surface area contributed by atoms with Gasteiger partial charge < -0.3 is 20.7 Å². The second-order valence-corrected chi connectivity index (χ2v) is 5.24. The Balaban J connectivity index is 0.00000242. The average molecular weight is 348 g/mol. The molecule has 1 aliphatic heterocycles. The zero-order chi connectivity index (χ0) is 15.4. The predicted molar refractivity (Wildman–Crippen MR) is 87.8 cm³/mol. The summed E-state index contributed by atoms with van der Waals surface area (Å²) >= 11 is 5.98. The third-order valence-electron chi connectivity index (χ3n) is 3.37. The first-order valence-electron chi connectivity index (χ1n) is 6.68. The quantitative estimate of drug-likeness (QED) is 0.837. The molecule has 8 heteroatoms. The number of nitrogens with zero attached hydrogens (tertiary/aromatic N) is 1. The summed E-state index contributed by atoms with van der Waals surface area (Å²) < 4.78 is 5.25. The molecule has 1 aliphatic rings. The fourth-order valence-corrected chi connectivity index (χ4v) is 2.50. The molecule has 2 rings (SSSR count).